The number of hydrogen-bond acceptors (Lipinski definition) is 11. The summed E-state index contributed by atoms with van der Waals surface area (Å²) in [6.07, 6.45) is -1.35. The van der Waals surface area contributed by atoms with E-state index in [-0.39, 0.29) is 53.0 Å². The minimum Gasteiger partial charge on any atom is -0.484 e. The van der Waals surface area contributed by atoms with Crippen molar-refractivity contribution >= 4 is 55.0 Å². The number of fused-ring (bicyclic) bond motifs is 3. The van der Waals surface area contributed by atoms with Crippen LogP contribution in [0.3, 0.4) is 0 Å². The number of hydrogen-bond donors (Lipinski definition) is 4. The molecule has 0 spiro atoms. The highest BCUT2D eigenvalue weighted by molar-refractivity contribution is 7.46. The summed E-state index contributed by atoms with van der Waals surface area (Å²) in [5.41, 5.74) is -1.61. The van der Waals surface area contributed by atoms with Crippen LogP contribution < -0.4 is 24.6 Å². The zero-order valence-electron chi connectivity index (χ0n) is 28.1. The quantitative estimate of drug-likeness (QED) is 0.0891. The molecule has 0 aliphatic heterocycles. The van der Waals surface area contributed by atoms with Crippen LogP contribution in [0, 0.1) is 11.6 Å². The van der Waals surface area contributed by atoms with Crippen LogP contribution in [0.4, 0.5) is 13.6 Å². The zero-order valence-corrected chi connectivity index (χ0v) is 30.5. The smallest absolute Gasteiger partial charge is 0.484 e. The van der Waals surface area contributed by atoms with E-state index in [9.17, 15) is 32.5 Å². The van der Waals surface area contributed by atoms with Crippen molar-refractivity contribution in [3.05, 3.63) is 87.9 Å². The maximum atomic E-state index is 13.9. The monoisotopic (exact) mass is 816 g/mol. The maximum Gasteiger partial charge on any atom is 0.524 e. The van der Waals surface area contributed by atoms with Gasteiger partial charge in [0.2, 0.25) is 6.79 Å². The van der Waals surface area contributed by atoms with Crippen LogP contribution in [-0.4, -0.2) is 70.9 Å². The Morgan fingerprint density at radius 3 is 1.85 bits per heavy atom. The molecule has 3 aliphatic rings. The summed E-state index contributed by atoms with van der Waals surface area (Å²) in [6, 6.07) is 12.7. The van der Waals surface area contributed by atoms with E-state index in [0.717, 1.165) is 12.1 Å². The fourth-order valence-electron chi connectivity index (χ4n) is 6.18. The number of rotatable bonds is 15. The van der Waals surface area contributed by atoms with Crippen LogP contribution in [0.1, 0.15) is 37.7 Å². The first-order chi connectivity index (χ1) is 25.5. The summed E-state index contributed by atoms with van der Waals surface area (Å²) >= 11 is 11.4. The summed E-state index contributed by atoms with van der Waals surface area (Å²) in [7, 11) is -4.76. The van der Waals surface area contributed by atoms with Crippen LogP contribution in [0.25, 0.3) is 0 Å². The molecule has 0 saturated heterocycles. The summed E-state index contributed by atoms with van der Waals surface area (Å²) in [5.74, 6) is -3.39. The highest BCUT2D eigenvalue weighted by atomic mass is 35.5. The largest absolute Gasteiger partial charge is 0.524 e. The average Bonchev–Trinajstić information content (AvgIpc) is 3.10. The Morgan fingerprint density at radius 1 is 0.778 bits per heavy atom. The number of nitrogens with one attached hydrogen (secondary N) is 2. The van der Waals surface area contributed by atoms with Crippen molar-refractivity contribution in [2.75, 3.05) is 20.0 Å². The molecule has 20 heteroatoms. The fraction of sp³-hybridized carbons (Fsp3) is 0.353. The van der Waals surface area contributed by atoms with Crippen molar-refractivity contribution in [3.8, 4) is 17.2 Å². The van der Waals surface area contributed by atoms with Gasteiger partial charge >= 0.3 is 19.9 Å². The van der Waals surface area contributed by atoms with Crippen LogP contribution in [0.2, 0.25) is 10.0 Å². The summed E-state index contributed by atoms with van der Waals surface area (Å²) in [4.78, 5) is 69.1. The third-order valence-electron chi connectivity index (χ3n) is 8.74. The number of halogens is 4. The second-order valence-electron chi connectivity index (χ2n) is 12.5. The van der Waals surface area contributed by atoms with Crippen molar-refractivity contribution in [2.24, 2.45) is 0 Å². The van der Waals surface area contributed by atoms with E-state index in [1.165, 1.54) is 48.5 Å². The van der Waals surface area contributed by atoms with Gasteiger partial charge in [-0.25, -0.2) is 18.1 Å². The molecule has 3 fully saturated rings. The van der Waals surface area contributed by atoms with Gasteiger partial charge in [0, 0.05) is 24.1 Å². The second kappa shape index (κ2) is 17.2. The molecule has 3 aromatic carbocycles. The molecule has 2 bridgehead atoms. The average molecular weight is 818 g/mol. The van der Waals surface area contributed by atoms with Gasteiger partial charge in [-0.3, -0.25) is 24.2 Å². The number of benzene rings is 3. The minimum absolute atomic E-state index is 0.0362. The molecule has 4 N–H and O–H groups in total. The molecule has 3 saturated carbocycles. The third-order valence-corrected chi connectivity index (χ3v) is 9.80. The highest BCUT2D eigenvalue weighted by Crippen LogP contribution is 2.48. The lowest BCUT2D eigenvalue weighted by Gasteiger charge is -2.56. The Bertz CT molecular complexity index is 1920. The molecular formula is C34H33Cl2F2N2O13P. The lowest BCUT2D eigenvalue weighted by Crippen LogP contribution is -2.71. The standard InChI is InChI=1S/C34H33Cl2F2N2O13P/c35-24-7-5-22(14-26(24)37)48-17-29(41)39-33-9-11-34(12-10-33,40-30(42)18-49-23-6-8-25(36)27(38)15-23)28(16-33)52-32(44)51-19-50-31(43)13-20-1-3-21(4-2-20)53-54(45,46)47/h1-8,14-15,28H,9-13,16-19H2,(H,39,41)(H,40,42)(H2,45,46,47)/t28-,33?,34?/m0/s1. The van der Waals surface area contributed by atoms with Crippen molar-refractivity contribution in [1.82, 2.24) is 10.6 Å². The molecular weight excluding hydrogens is 784 g/mol. The number of carbonyl (C=O) groups is 4. The van der Waals surface area contributed by atoms with Gasteiger partial charge in [0.15, 0.2) is 13.2 Å². The van der Waals surface area contributed by atoms with Gasteiger partial charge in [-0.15, -0.1) is 0 Å². The van der Waals surface area contributed by atoms with Gasteiger partial charge in [-0.05, 0) is 67.6 Å². The Labute approximate surface area is 316 Å². The first-order valence-corrected chi connectivity index (χ1v) is 18.4. The van der Waals surface area contributed by atoms with Crippen LogP contribution in [0.5, 0.6) is 17.2 Å². The SMILES string of the molecule is O=C(COc1ccc(Cl)c(F)c1)NC12CCC(NC(=O)COc3ccc(Cl)c(F)c3)(CC1)[C@@H](OC(=O)OCOC(=O)Cc1ccc(OP(=O)(O)O)cc1)C2. The van der Waals surface area contributed by atoms with Crippen molar-refractivity contribution in [2.45, 2.75) is 55.7 Å². The van der Waals surface area contributed by atoms with Crippen molar-refractivity contribution in [1.29, 1.82) is 0 Å². The predicted octanol–water partition coefficient (Wildman–Crippen LogP) is 5.15. The number of phosphoric ester groups is 1. The van der Waals surface area contributed by atoms with E-state index in [0.29, 0.717) is 18.4 Å². The molecule has 0 heterocycles. The third kappa shape index (κ3) is 11.2. The van der Waals surface area contributed by atoms with Crippen LogP contribution >= 0.6 is 31.0 Å². The van der Waals surface area contributed by atoms with Gasteiger partial charge in [0.25, 0.3) is 11.8 Å². The summed E-state index contributed by atoms with van der Waals surface area (Å²) in [6.45, 7) is -1.81. The molecule has 0 unspecified atom stereocenters. The van der Waals surface area contributed by atoms with E-state index < -0.39 is 80.6 Å². The molecule has 54 heavy (non-hydrogen) atoms. The Hall–Kier alpha value is -4.67. The Kier molecular flexibility index (Phi) is 12.9. The number of carbonyl (C=O) groups excluding carboxylic acids is 4. The molecule has 0 aromatic heterocycles. The van der Waals surface area contributed by atoms with E-state index in [2.05, 4.69) is 15.2 Å². The van der Waals surface area contributed by atoms with Crippen LogP contribution in [-0.2, 0) is 39.6 Å². The van der Waals surface area contributed by atoms with E-state index in [1.807, 2.05) is 0 Å². The Morgan fingerprint density at radius 2 is 1.31 bits per heavy atom. The molecule has 3 aliphatic carbocycles. The summed E-state index contributed by atoms with van der Waals surface area (Å²) < 4.78 is 69.6. The number of esters is 1. The zero-order chi connectivity index (χ0) is 39.1. The topological polar surface area (TPSA) is 205 Å². The lowest BCUT2D eigenvalue weighted by atomic mass is 9.59. The van der Waals surface area contributed by atoms with Gasteiger partial charge < -0.3 is 38.8 Å². The van der Waals surface area contributed by atoms with E-state index in [1.54, 1.807) is 0 Å². The normalized spacial score (nSPS) is 20.3. The van der Waals surface area contributed by atoms with Crippen LogP contribution in [0.15, 0.2) is 60.7 Å². The number of ether oxygens (including phenoxy) is 5. The molecule has 3 aromatic rings. The predicted molar refractivity (Wildman–Crippen MR) is 184 cm³/mol. The molecule has 0 radical (unpaired) electrons. The lowest BCUT2D eigenvalue weighted by molar-refractivity contribution is -0.156. The molecule has 1 atom stereocenters. The first kappa shape index (κ1) is 40.5. The van der Waals surface area contributed by atoms with Crippen molar-refractivity contribution < 1.29 is 70.5 Å². The number of phosphoric acid groups is 1. The molecule has 2 amide bonds. The van der Waals surface area contributed by atoms with Gasteiger partial charge in [-0.1, -0.05) is 35.3 Å². The fourth-order valence-corrected chi connectivity index (χ4v) is 6.81. The number of amides is 2. The molecule has 15 nitrogen and oxygen atoms in total. The summed E-state index contributed by atoms with van der Waals surface area (Å²) in [5, 5.41) is 5.57. The van der Waals surface area contributed by atoms with Crippen molar-refractivity contribution in [3.63, 3.8) is 0 Å². The van der Waals surface area contributed by atoms with E-state index >= 15 is 0 Å². The molecule has 6 rings (SSSR count). The molecule has 290 valence electrons. The highest BCUT2D eigenvalue weighted by Gasteiger charge is 2.57. The Balaban J connectivity index is 1.18. The van der Waals surface area contributed by atoms with Gasteiger partial charge in [0.1, 0.15) is 35.0 Å². The van der Waals surface area contributed by atoms with Gasteiger partial charge in [-0.2, -0.15) is 0 Å². The first-order valence-electron chi connectivity index (χ1n) is 16.1. The minimum atomic E-state index is -4.76. The second-order valence-corrected chi connectivity index (χ2v) is 14.5. The van der Waals surface area contributed by atoms with E-state index in [4.69, 9.17) is 56.7 Å². The maximum absolute atomic E-state index is 13.9. The van der Waals surface area contributed by atoms with Gasteiger partial charge in [0.05, 0.1) is 22.0 Å².